The Labute approximate surface area is 186 Å². The van der Waals surface area contributed by atoms with Crippen molar-refractivity contribution in [3.63, 3.8) is 0 Å². The van der Waals surface area contributed by atoms with Crippen LogP contribution >= 0.6 is 11.8 Å². The van der Waals surface area contributed by atoms with Crippen LogP contribution in [0.15, 0.2) is 0 Å². The molecule has 0 bridgehead atoms. The molecule has 0 aromatic carbocycles. The van der Waals surface area contributed by atoms with Crippen LogP contribution < -0.4 is 21.7 Å². The Hall–Kier alpha value is -2.34. The van der Waals surface area contributed by atoms with E-state index in [4.69, 9.17) is 15.9 Å². The molecule has 0 radical (unpaired) electrons. The summed E-state index contributed by atoms with van der Waals surface area (Å²) in [5, 5.41) is 25.2. The molecule has 5 unspecified atom stereocenters. The lowest BCUT2D eigenvalue weighted by atomic mass is 9.98. The van der Waals surface area contributed by atoms with Gasteiger partial charge in [0.2, 0.25) is 17.7 Å². The Morgan fingerprint density at radius 1 is 0.903 bits per heavy atom. The number of nitrogens with one attached hydrogen (secondary N) is 3. The maximum absolute atomic E-state index is 12.8. The summed E-state index contributed by atoms with van der Waals surface area (Å²) in [6.45, 7) is 4.93. The molecule has 0 aliphatic carbocycles. The fraction of sp³-hybridized carbons (Fsp3) is 0.737. The van der Waals surface area contributed by atoms with Gasteiger partial charge in [0, 0.05) is 6.42 Å². The summed E-state index contributed by atoms with van der Waals surface area (Å²) in [6, 6.07) is -4.29. The van der Waals surface area contributed by atoms with Crippen molar-refractivity contribution in [3.05, 3.63) is 0 Å². The Bertz CT molecular complexity index is 647. The quantitative estimate of drug-likeness (QED) is 0.187. The molecule has 5 atom stereocenters. The summed E-state index contributed by atoms with van der Waals surface area (Å²) < 4.78 is 0. The summed E-state index contributed by atoms with van der Waals surface area (Å²) in [7, 11) is 0. The van der Waals surface area contributed by atoms with Crippen molar-refractivity contribution in [1.29, 1.82) is 0 Å². The van der Waals surface area contributed by atoms with Gasteiger partial charge in [0.15, 0.2) is 0 Å². The first-order valence-electron chi connectivity index (χ1n) is 10.0. The standard InChI is InChI=1S/C19H34N4O7S/c1-5-10(2)15(20)18(28)23-12(6-7-14(24)25)17(27)22-13(8-9-31-4)16(26)21-11(3)19(29)30/h10-13,15H,5-9,20H2,1-4H3,(H,21,26)(H,22,27)(H,23,28)(H,24,25)(H,29,30). The molecule has 0 heterocycles. The number of hydrogen-bond donors (Lipinski definition) is 6. The zero-order chi connectivity index (χ0) is 24.1. The Kier molecular flexibility index (Phi) is 13.5. The molecule has 11 nitrogen and oxygen atoms in total. The van der Waals surface area contributed by atoms with Gasteiger partial charge in [0.05, 0.1) is 6.04 Å². The van der Waals surface area contributed by atoms with E-state index in [1.165, 1.54) is 18.7 Å². The van der Waals surface area contributed by atoms with Gasteiger partial charge in [-0.3, -0.25) is 24.0 Å². The maximum atomic E-state index is 12.8. The highest BCUT2D eigenvalue weighted by molar-refractivity contribution is 7.98. The summed E-state index contributed by atoms with van der Waals surface area (Å²) >= 11 is 1.43. The number of carboxylic acid groups (broad SMARTS) is 2. The highest BCUT2D eigenvalue weighted by Crippen LogP contribution is 2.08. The van der Waals surface area contributed by atoms with E-state index in [9.17, 15) is 24.0 Å². The molecule has 0 aliphatic heterocycles. The summed E-state index contributed by atoms with van der Waals surface area (Å²) in [5.74, 6) is -4.04. The number of nitrogens with two attached hydrogens (primary N) is 1. The number of aliphatic carboxylic acids is 2. The smallest absolute Gasteiger partial charge is 0.325 e. The van der Waals surface area contributed by atoms with Gasteiger partial charge in [-0.15, -0.1) is 0 Å². The monoisotopic (exact) mass is 462 g/mol. The number of hydrogen-bond acceptors (Lipinski definition) is 7. The topological polar surface area (TPSA) is 188 Å². The third kappa shape index (κ3) is 11.0. The van der Waals surface area contributed by atoms with Gasteiger partial charge in [-0.25, -0.2) is 0 Å². The average molecular weight is 463 g/mol. The summed E-state index contributed by atoms with van der Waals surface area (Å²) in [6.07, 6.45) is 2.09. The lowest BCUT2D eigenvalue weighted by Gasteiger charge is -2.25. The van der Waals surface area contributed by atoms with Crippen LogP contribution in [0, 0.1) is 5.92 Å². The Morgan fingerprint density at radius 3 is 1.90 bits per heavy atom. The zero-order valence-electron chi connectivity index (χ0n) is 18.3. The molecule has 0 fully saturated rings. The predicted molar refractivity (Wildman–Crippen MR) is 116 cm³/mol. The van der Waals surface area contributed by atoms with Crippen LogP contribution in [0.25, 0.3) is 0 Å². The minimum Gasteiger partial charge on any atom is -0.481 e. The van der Waals surface area contributed by atoms with Crippen LogP contribution in [0.4, 0.5) is 0 Å². The second-order valence-electron chi connectivity index (χ2n) is 7.32. The average Bonchev–Trinajstić information content (AvgIpc) is 2.71. The van der Waals surface area contributed by atoms with Crippen LogP contribution in [-0.4, -0.2) is 76.0 Å². The van der Waals surface area contributed by atoms with E-state index in [1.807, 2.05) is 13.2 Å². The molecule has 0 aromatic heterocycles. The minimum absolute atomic E-state index is 0.152. The number of carbonyl (C=O) groups is 5. The summed E-state index contributed by atoms with van der Waals surface area (Å²) in [5.41, 5.74) is 5.89. The Morgan fingerprint density at radius 2 is 1.42 bits per heavy atom. The minimum atomic E-state index is -1.23. The van der Waals surface area contributed by atoms with Gasteiger partial charge in [0.1, 0.15) is 18.1 Å². The van der Waals surface area contributed by atoms with Crippen LogP contribution in [0.1, 0.15) is 46.5 Å². The first-order valence-corrected chi connectivity index (χ1v) is 11.4. The maximum Gasteiger partial charge on any atom is 0.325 e. The second-order valence-corrected chi connectivity index (χ2v) is 8.30. The number of amides is 3. The van der Waals surface area contributed by atoms with E-state index >= 15 is 0 Å². The lowest BCUT2D eigenvalue weighted by molar-refractivity contribution is -0.141. The molecule has 0 saturated heterocycles. The molecule has 0 spiro atoms. The molecule has 0 aliphatic rings. The zero-order valence-corrected chi connectivity index (χ0v) is 19.2. The lowest BCUT2D eigenvalue weighted by Crippen LogP contribution is -2.57. The number of thioether (sulfide) groups is 1. The molecular formula is C19H34N4O7S. The van der Waals surface area contributed by atoms with E-state index in [0.29, 0.717) is 12.2 Å². The highest BCUT2D eigenvalue weighted by Gasteiger charge is 2.30. The van der Waals surface area contributed by atoms with Crippen molar-refractivity contribution < 1.29 is 34.2 Å². The van der Waals surface area contributed by atoms with Gasteiger partial charge < -0.3 is 31.9 Å². The first kappa shape index (κ1) is 28.7. The fourth-order valence-corrected chi connectivity index (χ4v) is 2.94. The normalized spacial score (nSPS) is 15.6. The molecule has 0 aromatic rings. The van der Waals surface area contributed by atoms with Crippen LogP contribution in [0.5, 0.6) is 0 Å². The van der Waals surface area contributed by atoms with Crippen molar-refractivity contribution in [3.8, 4) is 0 Å². The van der Waals surface area contributed by atoms with Crippen molar-refractivity contribution in [1.82, 2.24) is 16.0 Å². The molecule has 7 N–H and O–H groups in total. The van der Waals surface area contributed by atoms with Gasteiger partial charge in [-0.1, -0.05) is 20.3 Å². The van der Waals surface area contributed by atoms with Crippen molar-refractivity contribution in [2.45, 2.75) is 70.6 Å². The summed E-state index contributed by atoms with van der Waals surface area (Å²) in [4.78, 5) is 59.6. The van der Waals surface area contributed by atoms with E-state index in [-0.39, 0.29) is 25.2 Å². The van der Waals surface area contributed by atoms with Crippen molar-refractivity contribution >= 4 is 41.4 Å². The Balaban J connectivity index is 5.40. The van der Waals surface area contributed by atoms with Gasteiger partial charge in [-0.05, 0) is 37.7 Å². The molecule has 178 valence electrons. The molecule has 0 saturated carbocycles. The number of rotatable bonds is 15. The molecule has 3 amide bonds. The SMILES string of the molecule is CCC(C)C(N)C(=O)NC(CCC(=O)O)C(=O)NC(CCSC)C(=O)NC(C)C(=O)O. The number of carboxylic acids is 2. The van der Waals surface area contributed by atoms with E-state index in [1.54, 1.807) is 6.92 Å². The van der Waals surface area contributed by atoms with Crippen molar-refractivity contribution in [2.24, 2.45) is 11.7 Å². The van der Waals surface area contributed by atoms with Crippen LogP contribution in [0.3, 0.4) is 0 Å². The van der Waals surface area contributed by atoms with Gasteiger partial charge in [0.25, 0.3) is 0 Å². The van der Waals surface area contributed by atoms with E-state index in [0.717, 1.165) is 0 Å². The molecule has 0 rings (SSSR count). The third-order valence-electron chi connectivity index (χ3n) is 4.81. The first-order chi connectivity index (χ1) is 14.4. The van der Waals surface area contributed by atoms with E-state index in [2.05, 4.69) is 16.0 Å². The fourth-order valence-electron chi connectivity index (χ4n) is 2.47. The highest BCUT2D eigenvalue weighted by atomic mass is 32.2. The van der Waals surface area contributed by atoms with Crippen molar-refractivity contribution in [2.75, 3.05) is 12.0 Å². The third-order valence-corrected chi connectivity index (χ3v) is 5.46. The van der Waals surface area contributed by atoms with Crippen LogP contribution in [0.2, 0.25) is 0 Å². The molecular weight excluding hydrogens is 428 g/mol. The predicted octanol–water partition coefficient (Wildman–Crippen LogP) is -0.463. The van der Waals surface area contributed by atoms with Gasteiger partial charge >= 0.3 is 11.9 Å². The molecule has 12 heteroatoms. The largest absolute Gasteiger partial charge is 0.481 e. The van der Waals surface area contributed by atoms with E-state index < -0.39 is 53.8 Å². The number of carbonyl (C=O) groups excluding carboxylic acids is 3. The van der Waals surface area contributed by atoms with Gasteiger partial charge in [-0.2, -0.15) is 11.8 Å². The second kappa shape index (κ2) is 14.6. The van der Waals surface area contributed by atoms with Crippen LogP contribution in [-0.2, 0) is 24.0 Å². The molecule has 31 heavy (non-hydrogen) atoms.